The van der Waals surface area contributed by atoms with E-state index in [0.717, 1.165) is 18.6 Å². The number of aliphatic carboxylic acids is 1. The molecule has 1 aromatic rings. The molecular weight excluding hydrogens is 266 g/mol. The molecule has 21 heavy (non-hydrogen) atoms. The Hall–Kier alpha value is -1.55. The van der Waals surface area contributed by atoms with Gasteiger partial charge >= 0.3 is 5.97 Å². The number of rotatable bonds is 5. The van der Waals surface area contributed by atoms with Crippen LogP contribution >= 0.6 is 0 Å². The second kappa shape index (κ2) is 6.48. The summed E-state index contributed by atoms with van der Waals surface area (Å²) < 4.78 is 5.74. The van der Waals surface area contributed by atoms with Gasteiger partial charge in [-0.2, -0.15) is 0 Å². The van der Waals surface area contributed by atoms with Gasteiger partial charge in [0, 0.05) is 12.6 Å². The number of ether oxygens (including phenoxy) is 1. The van der Waals surface area contributed by atoms with E-state index in [1.807, 2.05) is 30.3 Å². The van der Waals surface area contributed by atoms with Gasteiger partial charge in [-0.15, -0.1) is 0 Å². The van der Waals surface area contributed by atoms with E-state index in [2.05, 4.69) is 4.90 Å². The first kappa shape index (κ1) is 14.4. The lowest BCUT2D eigenvalue weighted by Gasteiger charge is -2.32. The highest BCUT2D eigenvalue weighted by Gasteiger charge is 2.44. The molecule has 3 rings (SSSR count). The van der Waals surface area contributed by atoms with E-state index < -0.39 is 5.97 Å². The van der Waals surface area contributed by atoms with E-state index >= 15 is 0 Å². The molecule has 1 saturated carbocycles. The van der Waals surface area contributed by atoms with E-state index in [1.54, 1.807) is 0 Å². The minimum absolute atomic E-state index is 0.322. The fourth-order valence-corrected chi connectivity index (χ4v) is 3.90. The first-order chi connectivity index (χ1) is 10.3. The van der Waals surface area contributed by atoms with Crippen LogP contribution in [-0.2, 0) is 4.79 Å². The van der Waals surface area contributed by atoms with Crippen molar-refractivity contribution in [2.75, 3.05) is 13.2 Å². The summed E-state index contributed by atoms with van der Waals surface area (Å²) >= 11 is 0. The minimum Gasteiger partial charge on any atom is -0.492 e. The van der Waals surface area contributed by atoms with E-state index in [4.69, 9.17) is 4.74 Å². The maximum atomic E-state index is 11.5. The Morgan fingerprint density at radius 2 is 2.00 bits per heavy atom. The number of carboxylic acids is 1. The first-order valence-electron chi connectivity index (χ1n) is 7.92. The van der Waals surface area contributed by atoms with Crippen LogP contribution in [-0.4, -0.2) is 41.2 Å². The summed E-state index contributed by atoms with van der Waals surface area (Å²) in [5.41, 5.74) is 0. The van der Waals surface area contributed by atoms with Crippen molar-refractivity contribution in [3.8, 4) is 5.75 Å². The van der Waals surface area contributed by atoms with Gasteiger partial charge in [-0.1, -0.05) is 31.0 Å². The molecule has 0 bridgehead atoms. The molecule has 3 atom stereocenters. The predicted octanol–water partition coefficient (Wildman–Crippen LogP) is 2.78. The number of benzene rings is 1. The van der Waals surface area contributed by atoms with Crippen molar-refractivity contribution in [1.29, 1.82) is 0 Å². The van der Waals surface area contributed by atoms with Crippen molar-refractivity contribution in [2.24, 2.45) is 5.92 Å². The summed E-state index contributed by atoms with van der Waals surface area (Å²) in [5.74, 6) is 0.740. The summed E-state index contributed by atoms with van der Waals surface area (Å²) in [4.78, 5) is 13.7. The van der Waals surface area contributed by atoms with Crippen LogP contribution in [0.4, 0.5) is 0 Å². The van der Waals surface area contributed by atoms with Gasteiger partial charge in [0.05, 0.1) is 0 Å². The zero-order valence-electron chi connectivity index (χ0n) is 12.3. The average molecular weight is 289 g/mol. The number of para-hydroxylation sites is 1. The van der Waals surface area contributed by atoms with Crippen LogP contribution in [0.1, 0.15) is 32.1 Å². The Morgan fingerprint density at radius 1 is 1.24 bits per heavy atom. The van der Waals surface area contributed by atoms with Gasteiger partial charge in [-0.25, -0.2) is 0 Å². The summed E-state index contributed by atoms with van der Waals surface area (Å²) in [7, 11) is 0. The van der Waals surface area contributed by atoms with Gasteiger partial charge in [-0.3, -0.25) is 9.69 Å². The molecule has 1 N–H and O–H groups in total. The van der Waals surface area contributed by atoms with E-state index in [-0.39, 0.29) is 6.04 Å². The Kier molecular flexibility index (Phi) is 4.44. The zero-order valence-corrected chi connectivity index (χ0v) is 12.3. The zero-order chi connectivity index (χ0) is 14.7. The van der Waals surface area contributed by atoms with Crippen LogP contribution in [0.2, 0.25) is 0 Å². The quantitative estimate of drug-likeness (QED) is 0.905. The molecule has 1 aliphatic carbocycles. The highest BCUT2D eigenvalue weighted by molar-refractivity contribution is 5.74. The minimum atomic E-state index is -0.677. The van der Waals surface area contributed by atoms with Crippen LogP contribution in [0.15, 0.2) is 30.3 Å². The topological polar surface area (TPSA) is 49.8 Å². The lowest BCUT2D eigenvalue weighted by Crippen LogP contribution is -2.44. The molecule has 1 aliphatic heterocycles. The van der Waals surface area contributed by atoms with Gasteiger partial charge in [0.25, 0.3) is 0 Å². The maximum Gasteiger partial charge on any atom is 0.320 e. The van der Waals surface area contributed by atoms with Gasteiger partial charge in [-0.05, 0) is 37.3 Å². The molecule has 114 valence electrons. The summed E-state index contributed by atoms with van der Waals surface area (Å²) in [6.07, 6.45) is 5.61. The van der Waals surface area contributed by atoms with Crippen molar-refractivity contribution in [3.63, 3.8) is 0 Å². The van der Waals surface area contributed by atoms with Crippen LogP contribution in [0, 0.1) is 5.92 Å². The summed E-state index contributed by atoms with van der Waals surface area (Å²) in [5, 5.41) is 9.46. The Bertz CT molecular complexity index is 476. The average Bonchev–Trinajstić information content (AvgIpc) is 2.88. The monoisotopic (exact) mass is 289 g/mol. The van der Waals surface area contributed by atoms with Crippen molar-refractivity contribution < 1.29 is 14.6 Å². The third kappa shape index (κ3) is 3.21. The number of carbonyl (C=O) groups is 1. The first-order valence-corrected chi connectivity index (χ1v) is 7.92. The number of carboxylic acid groups (broad SMARTS) is 1. The second-order valence-electron chi connectivity index (χ2n) is 6.10. The molecule has 0 spiro atoms. The molecule has 1 saturated heterocycles. The third-order valence-electron chi connectivity index (χ3n) is 4.87. The van der Waals surface area contributed by atoms with E-state index in [1.165, 1.54) is 19.3 Å². The normalized spacial score (nSPS) is 29.0. The number of likely N-dealkylation sites (tertiary alicyclic amines) is 1. The second-order valence-corrected chi connectivity index (χ2v) is 6.10. The molecule has 0 amide bonds. The third-order valence-corrected chi connectivity index (χ3v) is 4.87. The molecule has 2 aliphatic rings. The molecule has 4 nitrogen and oxygen atoms in total. The molecule has 4 heteroatoms. The van der Waals surface area contributed by atoms with Crippen LogP contribution < -0.4 is 4.74 Å². The van der Waals surface area contributed by atoms with E-state index in [9.17, 15) is 9.90 Å². The lowest BCUT2D eigenvalue weighted by molar-refractivity contribution is -0.142. The highest BCUT2D eigenvalue weighted by Crippen LogP contribution is 2.39. The lowest BCUT2D eigenvalue weighted by atomic mass is 9.85. The standard InChI is InChI=1S/C17H23NO3/c19-17(20)16-12-13-6-4-5-9-15(13)18(16)10-11-21-14-7-2-1-3-8-14/h1-3,7-8,13,15-16H,4-6,9-12H2,(H,19,20). The fourth-order valence-electron chi connectivity index (χ4n) is 3.90. The largest absolute Gasteiger partial charge is 0.492 e. The van der Waals surface area contributed by atoms with Gasteiger partial charge in [0.2, 0.25) is 0 Å². The van der Waals surface area contributed by atoms with Crippen molar-refractivity contribution in [2.45, 2.75) is 44.2 Å². The number of hydrogen-bond donors (Lipinski definition) is 1. The molecule has 1 aromatic carbocycles. The Morgan fingerprint density at radius 3 is 2.76 bits per heavy atom. The molecule has 2 fully saturated rings. The summed E-state index contributed by atoms with van der Waals surface area (Å²) in [6, 6.07) is 9.84. The van der Waals surface area contributed by atoms with E-state index in [0.29, 0.717) is 25.1 Å². The van der Waals surface area contributed by atoms with Crippen LogP contribution in [0.5, 0.6) is 5.75 Å². The fraction of sp³-hybridized carbons (Fsp3) is 0.588. The van der Waals surface area contributed by atoms with Crippen molar-refractivity contribution in [3.05, 3.63) is 30.3 Å². The van der Waals surface area contributed by atoms with Crippen LogP contribution in [0.25, 0.3) is 0 Å². The Labute approximate surface area is 125 Å². The smallest absolute Gasteiger partial charge is 0.320 e. The molecule has 1 heterocycles. The van der Waals surface area contributed by atoms with Gasteiger partial charge in [0.15, 0.2) is 0 Å². The number of fused-ring (bicyclic) bond motifs is 1. The van der Waals surface area contributed by atoms with Crippen LogP contribution in [0.3, 0.4) is 0 Å². The SMILES string of the molecule is O=C(O)C1CC2CCCCC2N1CCOc1ccccc1. The molecular formula is C17H23NO3. The summed E-state index contributed by atoms with van der Waals surface area (Å²) in [6.45, 7) is 1.25. The Balaban J connectivity index is 1.60. The number of nitrogens with zero attached hydrogens (tertiary/aromatic N) is 1. The number of hydrogen-bond acceptors (Lipinski definition) is 3. The molecule has 0 aromatic heterocycles. The molecule has 0 radical (unpaired) electrons. The molecule has 3 unspecified atom stereocenters. The van der Waals surface area contributed by atoms with Crippen molar-refractivity contribution in [1.82, 2.24) is 4.90 Å². The van der Waals surface area contributed by atoms with Gasteiger partial charge < -0.3 is 9.84 Å². The predicted molar refractivity (Wildman–Crippen MR) is 80.4 cm³/mol. The maximum absolute atomic E-state index is 11.5. The van der Waals surface area contributed by atoms with Crippen molar-refractivity contribution >= 4 is 5.97 Å². The van der Waals surface area contributed by atoms with Gasteiger partial charge in [0.1, 0.15) is 18.4 Å². The highest BCUT2D eigenvalue weighted by atomic mass is 16.5.